The van der Waals surface area contributed by atoms with Crippen molar-refractivity contribution in [2.45, 2.75) is 32.2 Å². The molecule has 20 heavy (non-hydrogen) atoms. The van der Waals surface area contributed by atoms with E-state index >= 15 is 0 Å². The van der Waals surface area contributed by atoms with Gasteiger partial charge in [-0.2, -0.15) is 0 Å². The molecule has 1 aliphatic carbocycles. The fourth-order valence-electron chi connectivity index (χ4n) is 2.71. The number of thiophene rings is 1. The lowest BCUT2D eigenvalue weighted by Crippen LogP contribution is -2.30. The van der Waals surface area contributed by atoms with Gasteiger partial charge in [0.05, 0.1) is 6.04 Å². The van der Waals surface area contributed by atoms with E-state index < -0.39 is 0 Å². The average Bonchev–Trinajstić information content (AvgIpc) is 2.91. The number of rotatable bonds is 2. The topological polar surface area (TPSA) is 29.1 Å². The number of carbonyl (C=O) groups is 1. The van der Waals surface area contributed by atoms with E-state index in [0.29, 0.717) is 0 Å². The summed E-state index contributed by atoms with van der Waals surface area (Å²) >= 11 is 5.23. The molecule has 1 aromatic carbocycles. The van der Waals surface area contributed by atoms with Gasteiger partial charge in [-0.3, -0.25) is 4.79 Å². The molecule has 4 heteroatoms. The van der Waals surface area contributed by atoms with Crippen LogP contribution in [-0.4, -0.2) is 5.91 Å². The van der Waals surface area contributed by atoms with E-state index in [2.05, 4.69) is 32.7 Å². The number of carbonyl (C=O) groups excluding carboxylic acids is 1. The predicted octanol–water partition coefficient (Wildman–Crippen LogP) is 4.63. The van der Waals surface area contributed by atoms with E-state index in [1.54, 1.807) is 11.3 Å². The second-order valence-corrected chi connectivity index (χ2v) is 7.09. The molecule has 0 saturated carbocycles. The van der Waals surface area contributed by atoms with Gasteiger partial charge in [-0.25, -0.2) is 0 Å². The van der Waals surface area contributed by atoms with Crippen LogP contribution >= 0.6 is 27.3 Å². The predicted molar refractivity (Wildman–Crippen MR) is 86.3 cm³/mol. The minimum Gasteiger partial charge on any atom is -0.345 e. The molecule has 0 radical (unpaired) electrons. The maximum absolute atomic E-state index is 12.5. The van der Waals surface area contributed by atoms with Gasteiger partial charge < -0.3 is 5.32 Å². The summed E-state index contributed by atoms with van der Waals surface area (Å²) in [5, 5.41) is 5.32. The van der Waals surface area contributed by atoms with Gasteiger partial charge in [0.25, 0.3) is 5.91 Å². The Kier molecular flexibility index (Phi) is 3.94. The number of nitrogens with one attached hydrogen (secondary N) is 1. The van der Waals surface area contributed by atoms with Crippen LogP contribution in [0.1, 0.15) is 45.2 Å². The molecular formula is C16H16BrNOS. The Morgan fingerprint density at radius 1 is 1.40 bits per heavy atom. The van der Waals surface area contributed by atoms with Crippen molar-refractivity contribution < 1.29 is 4.79 Å². The molecule has 0 aliphatic heterocycles. The second kappa shape index (κ2) is 5.70. The van der Waals surface area contributed by atoms with Crippen LogP contribution in [-0.2, 0) is 6.42 Å². The van der Waals surface area contributed by atoms with Crippen molar-refractivity contribution >= 4 is 33.2 Å². The largest absolute Gasteiger partial charge is 0.345 e. The van der Waals surface area contributed by atoms with Gasteiger partial charge in [-0.05, 0) is 60.9 Å². The number of fused-ring (bicyclic) bond motifs is 1. The molecule has 2 nitrogen and oxygen atoms in total. The summed E-state index contributed by atoms with van der Waals surface area (Å²) < 4.78 is 0.938. The molecule has 3 rings (SSSR count). The lowest BCUT2D eigenvalue weighted by atomic mass is 9.93. The molecule has 1 unspecified atom stereocenters. The third kappa shape index (κ3) is 2.67. The summed E-state index contributed by atoms with van der Waals surface area (Å²) in [5.41, 5.74) is 3.07. The van der Waals surface area contributed by atoms with Crippen molar-refractivity contribution in [2.24, 2.45) is 0 Å². The van der Waals surface area contributed by atoms with Gasteiger partial charge in [-0.1, -0.05) is 22.0 Å². The standard InChI is InChI=1S/C16H16BrNOS/c1-10-5-6-11(17)9-13(10)16(19)18-14-3-2-4-15-12(14)7-8-20-15/h5-9,14H,2-4H2,1H3,(H,18,19). The van der Waals surface area contributed by atoms with Gasteiger partial charge in [0, 0.05) is 14.9 Å². The zero-order valence-corrected chi connectivity index (χ0v) is 13.7. The minimum atomic E-state index is 0.0212. The van der Waals surface area contributed by atoms with Crippen molar-refractivity contribution in [3.63, 3.8) is 0 Å². The Morgan fingerprint density at radius 2 is 2.25 bits per heavy atom. The Bertz CT molecular complexity index is 650. The van der Waals surface area contributed by atoms with E-state index in [9.17, 15) is 4.79 Å². The van der Waals surface area contributed by atoms with E-state index in [1.165, 1.54) is 10.4 Å². The molecule has 1 aliphatic rings. The molecule has 1 N–H and O–H groups in total. The highest BCUT2D eigenvalue weighted by molar-refractivity contribution is 9.10. The summed E-state index contributed by atoms with van der Waals surface area (Å²) in [5.74, 6) is 0.0212. The lowest BCUT2D eigenvalue weighted by Gasteiger charge is -2.24. The van der Waals surface area contributed by atoms with E-state index in [-0.39, 0.29) is 11.9 Å². The molecule has 1 atom stereocenters. The van der Waals surface area contributed by atoms with Crippen LogP contribution in [0.3, 0.4) is 0 Å². The number of aryl methyl sites for hydroxylation is 2. The number of hydrogen-bond acceptors (Lipinski definition) is 2. The Morgan fingerprint density at radius 3 is 3.10 bits per heavy atom. The highest BCUT2D eigenvalue weighted by Gasteiger charge is 2.23. The quantitative estimate of drug-likeness (QED) is 0.841. The van der Waals surface area contributed by atoms with Crippen LogP contribution in [0.4, 0.5) is 0 Å². The zero-order chi connectivity index (χ0) is 14.1. The number of halogens is 1. The average molecular weight is 350 g/mol. The van der Waals surface area contributed by atoms with E-state index in [1.807, 2.05) is 25.1 Å². The van der Waals surface area contributed by atoms with E-state index in [0.717, 1.165) is 34.9 Å². The van der Waals surface area contributed by atoms with Crippen LogP contribution in [0.15, 0.2) is 34.1 Å². The van der Waals surface area contributed by atoms with Crippen LogP contribution in [0.5, 0.6) is 0 Å². The first-order chi connectivity index (χ1) is 9.65. The number of benzene rings is 1. The molecule has 104 valence electrons. The molecule has 0 saturated heterocycles. The fourth-order valence-corrected chi connectivity index (χ4v) is 4.06. The minimum absolute atomic E-state index is 0.0212. The second-order valence-electron chi connectivity index (χ2n) is 5.18. The summed E-state index contributed by atoms with van der Waals surface area (Å²) in [6, 6.07) is 8.13. The molecule has 0 spiro atoms. The monoisotopic (exact) mass is 349 g/mol. The molecule has 0 bridgehead atoms. The molecular weight excluding hydrogens is 334 g/mol. The summed E-state index contributed by atoms with van der Waals surface area (Å²) in [6.45, 7) is 1.97. The highest BCUT2D eigenvalue weighted by Crippen LogP contribution is 2.33. The van der Waals surface area contributed by atoms with Crippen molar-refractivity contribution in [1.82, 2.24) is 5.32 Å². The van der Waals surface area contributed by atoms with E-state index in [4.69, 9.17) is 0 Å². The highest BCUT2D eigenvalue weighted by atomic mass is 79.9. The zero-order valence-electron chi connectivity index (χ0n) is 11.3. The molecule has 1 heterocycles. The van der Waals surface area contributed by atoms with Crippen LogP contribution in [0.2, 0.25) is 0 Å². The maximum atomic E-state index is 12.5. The lowest BCUT2D eigenvalue weighted by molar-refractivity contribution is 0.0932. The van der Waals surface area contributed by atoms with Gasteiger partial charge in [0.1, 0.15) is 0 Å². The molecule has 1 amide bonds. The van der Waals surface area contributed by atoms with Gasteiger partial charge in [0.15, 0.2) is 0 Å². The first-order valence-corrected chi connectivity index (χ1v) is 8.45. The first kappa shape index (κ1) is 13.8. The van der Waals surface area contributed by atoms with Crippen molar-refractivity contribution in [3.05, 3.63) is 55.7 Å². The number of hydrogen-bond donors (Lipinski definition) is 1. The van der Waals surface area contributed by atoms with Crippen molar-refractivity contribution in [2.75, 3.05) is 0 Å². The smallest absolute Gasteiger partial charge is 0.252 e. The third-order valence-electron chi connectivity index (χ3n) is 3.80. The normalized spacial score (nSPS) is 17.6. The summed E-state index contributed by atoms with van der Waals surface area (Å²) in [4.78, 5) is 13.9. The SMILES string of the molecule is Cc1ccc(Br)cc1C(=O)NC1CCCc2sccc21. The Labute approximate surface area is 131 Å². The number of amides is 1. The van der Waals surface area contributed by atoms with Crippen molar-refractivity contribution in [3.8, 4) is 0 Å². The van der Waals surface area contributed by atoms with Gasteiger partial charge >= 0.3 is 0 Å². The Balaban J connectivity index is 1.82. The fraction of sp³-hybridized carbons (Fsp3) is 0.312. The maximum Gasteiger partial charge on any atom is 0.252 e. The Hall–Kier alpha value is -1.13. The summed E-state index contributed by atoms with van der Waals surface area (Å²) in [6.07, 6.45) is 3.33. The van der Waals surface area contributed by atoms with Crippen molar-refractivity contribution in [1.29, 1.82) is 0 Å². The molecule has 1 aromatic heterocycles. The van der Waals surface area contributed by atoms with Crippen LogP contribution < -0.4 is 5.32 Å². The van der Waals surface area contributed by atoms with Crippen LogP contribution in [0.25, 0.3) is 0 Å². The third-order valence-corrected chi connectivity index (χ3v) is 5.29. The molecule has 2 aromatic rings. The summed E-state index contributed by atoms with van der Waals surface area (Å²) in [7, 11) is 0. The molecule has 0 fully saturated rings. The van der Waals surface area contributed by atoms with Gasteiger partial charge in [-0.15, -0.1) is 11.3 Å². The van der Waals surface area contributed by atoms with Crippen LogP contribution in [0, 0.1) is 6.92 Å². The first-order valence-electron chi connectivity index (χ1n) is 6.78. The van der Waals surface area contributed by atoms with Gasteiger partial charge in [0.2, 0.25) is 0 Å².